The Bertz CT molecular complexity index is 534. The van der Waals surface area contributed by atoms with Gasteiger partial charge in [0.15, 0.2) is 0 Å². The molecule has 2 aromatic carbocycles. The molecule has 0 aliphatic heterocycles. The smallest absolute Gasteiger partial charge is 0.0341 e. The second kappa shape index (κ2) is 7.77. The molecule has 4 heteroatoms. The molecule has 0 aliphatic carbocycles. The minimum absolute atomic E-state index is 0.197. The van der Waals surface area contributed by atoms with Crippen LogP contribution in [0.25, 0.3) is 0 Å². The van der Waals surface area contributed by atoms with E-state index in [0.29, 0.717) is 0 Å². The molecular weight excluding hydrogens is 284 g/mol. The Hall–Kier alpha value is -2.36. The van der Waals surface area contributed by atoms with Crippen LogP contribution >= 0.6 is 0 Å². The number of nitrogens with two attached hydrogens (primary N) is 2. The van der Waals surface area contributed by atoms with Crippen LogP contribution in [0.3, 0.4) is 0 Å². The van der Waals surface area contributed by atoms with Gasteiger partial charge < -0.3 is 22.1 Å². The molecule has 0 saturated carbocycles. The summed E-state index contributed by atoms with van der Waals surface area (Å²) in [7, 11) is 0. The first-order valence-electron chi connectivity index (χ1n) is 8.26. The van der Waals surface area contributed by atoms with Crippen LogP contribution in [0.5, 0.6) is 0 Å². The average molecular weight is 312 g/mol. The van der Waals surface area contributed by atoms with E-state index in [2.05, 4.69) is 24.5 Å². The molecule has 6 N–H and O–H groups in total. The fraction of sp³-hybridized carbons (Fsp3) is 0.368. The lowest BCUT2D eigenvalue weighted by molar-refractivity contribution is 0.304. The summed E-state index contributed by atoms with van der Waals surface area (Å²) < 4.78 is 0. The summed E-state index contributed by atoms with van der Waals surface area (Å²) in [5.74, 6) is 0. The zero-order valence-electron chi connectivity index (χ0n) is 14.1. The predicted molar refractivity (Wildman–Crippen MR) is 102 cm³/mol. The molecule has 0 fully saturated rings. The Kier molecular flexibility index (Phi) is 5.74. The highest BCUT2D eigenvalue weighted by atomic mass is 14.9. The summed E-state index contributed by atoms with van der Waals surface area (Å²) in [5.41, 5.74) is 15.5. The second-order valence-corrected chi connectivity index (χ2v) is 6.16. The van der Waals surface area contributed by atoms with Crippen molar-refractivity contribution in [2.45, 2.75) is 26.7 Å². The fourth-order valence-electron chi connectivity index (χ4n) is 2.59. The van der Waals surface area contributed by atoms with Crippen LogP contribution in [-0.2, 0) is 0 Å². The third-order valence-electron chi connectivity index (χ3n) is 4.66. The van der Waals surface area contributed by atoms with Gasteiger partial charge in [-0.3, -0.25) is 0 Å². The van der Waals surface area contributed by atoms with E-state index >= 15 is 0 Å². The molecule has 124 valence electrons. The zero-order chi connectivity index (χ0) is 16.7. The van der Waals surface area contributed by atoms with Crippen molar-refractivity contribution in [1.29, 1.82) is 0 Å². The summed E-state index contributed by atoms with van der Waals surface area (Å²) in [5, 5.41) is 7.09. The van der Waals surface area contributed by atoms with Crippen molar-refractivity contribution in [3.8, 4) is 0 Å². The predicted octanol–water partition coefficient (Wildman–Crippen LogP) is 4.18. The average Bonchev–Trinajstić information content (AvgIpc) is 2.59. The topological polar surface area (TPSA) is 76.1 Å². The Labute approximate surface area is 139 Å². The van der Waals surface area contributed by atoms with Crippen molar-refractivity contribution < 1.29 is 0 Å². The van der Waals surface area contributed by atoms with E-state index in [1.54, 1.807) is 0 Å². The SMILES string of the molecule is CCC(CC)(CNc1ccc(N)cc1)CNc1ccc(N)cc1. The summed E-state index contributed by atoms with van der Waals surface area (Å²) in [6.45, 7) is 6.34. The highest BCUT2D eigenvalue weighted by Gasteiger charge is 2.25. The largest absolute Gasteiger partial charge is 0.399 e. The first-order chi connectivity index (χ1) is 11.1. The minimum atomic E-state index is 0.197. The molecule has 0 spiro atoms. The van der Waals surface area contributed by atoms with Gasteiger partial charge in [0, 0.05) is 41.3 Å². The number of nitrogens with one attached hydrogen (secondary N) is 2. The molecule has 0 amide bonds. The van der Waals surface area contributed by atoms with Crippen LogP contribution < -0.4 is 22.1 Å². The summed E-state index contributed by atoms with van der Waals surface area (Å²) in [6, 6.07) is 15.8. The minimum Gasteiger partial charge on any atom is -0.399 e. The number of hydrogen-bond donors (Lipinski definition) is 4. The Morgan fingerprint density at radius 3 is 1.35 bits per heavy atom. The normalized spacial score (nSPS) is 11.2. The van der Waals surface area contributed by atoms with Gasteiger partial charge in [-0.05, 0) is 61.4 Å². The van der Waals surface area contributed by atoms with Gasteiger partial charge in [-0.1, -0.05) is 13.8 Å². The Morgan fingerprint density at radius 2 is 1.04 bits per heavy atom. The maximum Gasteiger partial charge on any atom is 0.0341 e. The molecule has 4 nitrogen and oxygen atoms in total. The van der Waals surface area contributed by atoms with Crippen LogP contribution in [0, 0.1) is 5.41 Å². The summed E-state index contributed by atoms with van der Waals surface area (Å²) in [4.78, 5) is 0. The van der Waals surface area contributed by atoms with Gasteiger partial charge in [0.1, 0.15) is 0 Å². The number of anilines is 4. The van der Waals surface area contributed by atoms with Gasteiger partial charge in [0.25, 0.3) is 0 Å². The van der Waals surface area contributed by atoms with Crippen LogP contribution in [0.4, 0.5) is 22.7 Å². The van der Waals surface area contributed by atoms with Crippen molar-refractivity contribution in [2.75, 3.05) is 35.2 Å². The van der Waals surface area contributed by atoms with Gasteiger partial charge in [0.2, 0.25) is 0 Å². The molecule has 0 bridgehead atoms. The third kappa shape index (κ3) is 4.81. The number of hydrogen-bond acceptors (Lipinski definition) is 4. The molecule has 0 unspecified atom stereocenters. The number of rotatable bonds is 8. The van der Waals surface area contributed by atoms with E-state index in [1.807, 2.05) is 48.5 Å². The van der Waals surface area contributed by atoms with Gasteiger partial charge in [-0.15, -0.1) is 0 Å². The van der Waals surface area contributed by atoms with Crippen molar-refractivity contribution in [3.63, 3.8) is 0 Å². The first-order valence-corrected chi connectivity index (χ1v) is 8.26. The van der Waals surface area contributed by atoms with Crippen LogP contribution in [-0.4, -0.2) is 13.1 Å². The van der Waals surface area contributed by atoms with Crippen LogP contribution in [0.2, 0.25) is 0 Å². The second-order valence-electron chi connectivity index (χ2n) is 6.16. The lowest BCUT2D eigenvalue weighted by atomic mass is 9.82. The van der Waals surface area contributed by atoms with Crippen molar-refractivity contribution in [2.24, 2.45) is 5.41 Å². The number of nitrogen functional groups attached to an aromatic ring is 2. The van der Waals surface area contributed by atoms with E-state index in [-0.39, 0.29) is 5.41 Å². The molecule has 0 radical (unpaired) electrons. The summed E-state index contributed by atoms with van der Waals surface area (Å²) in [6.07, 6.45) is 2.21. The maximum absolute atomic E-state index is 5.74. The van der Waals surface area contributed by atoms with Crippen LogP contribution in [0.1, 0.15) is 26.7 Å². The molecule has 0 heterocycles. The molecular formula is C19H28N4. The van der Waals surface area contributed by atoms with Gasteiger partial charge in [0.05, 0.1) is 0 Å². The molecule has 23 heavy (non-hydrogen) atoms. The van der Waals surface area contributed by atoms with Gasteiger partial charge in [-0.2, -0.15) is 0 Å². The Balaban J connectivity index is 1.97. The quantitative estimate of drug-likeness (QED) is 0.552. The van der Waals surface area contributed by atoms with Gasteiger partial charge >= 0.3 is 0 Å². The number of benzene rings is 2. The van der Waals surface area contributed by atoms with E-state index in [1.165, 1.54) is 0 Å². The molecule has 0 aliphatic rings. The van der Waals surface area contributed by atoms with E-state index in [0.717, 1.165) is 48.7 Å². The van der Waals surface area contributed by atoms with Crippen molar-refractivity contribution >= 4 is 22.7 Å². The van der Waals surface area contributed by atoms with Gasteiger partial charge in [-0.25, -0.2) is 0 Å². The van der Waals surface area contributed by atoms with Crippen molar-refractivity contribution in [3.05, 3.63) is 48.5 Å². The third-order valence-corrected chi connectivity index (χ3v) is 4.66. The first kappa shape index (κ1) is 17.0. The molecule has 2 aromatic rings. The highest BCUT2D eigenvalue weighted by Crippen LogP contribution is 2.28. The van der Waals surface area contributed by atoms with E-state index in [9.17, 15) is 0 Å². The van der Waals surface area contributed by atoms with Crippen LogP contribution in [0.15, 0.2) is 48.5 Å². The monoisotopic (exact) mass is 312 g/mol. The van der Waals surface area contributed by atoms with E-state index < -0.39 is 0 Å². The van der Waals surface area contributed by atoms with E-state index in [4.69, 9.17) is 11.5 Å². The lowest BCUT2D eigenvalue weighted by Crippen LogP contribution is -2.35. The highest BCUT2D eigenvalue weighted by molar-refractivity contribution is 5.52. The maximum atomic E-state index is 5.74. The molecule has 2 rings (SSSR count). The summed E-state index contributed by atoms with van der Waals surface area (Å²) >= 11 is 0. The Morgan fingerprint density at radius 1 is 0.696 bits per heavy atom. The lowest BCUT2D eigenvalue weighted by Gasteiger charge is -2.33. The zero-order valence-corrected chi connectivity index (χ0v) is 14.1. The molecule has 0 aromatic heterocycles. The fourth-order valence-corrected chi connectivity index (χ4v) is 2.59. The molecule has 0 atom stereocenters. The molecule has 0 saturated heterocycles. The standard InChI is InChI=1S/C19H28N4/c1-3-19(4-2,13-22-17-9-5-15(20)6-10-17)14-23-18-11-7-16(21)8-12-18/h5-12,22-23H,3-4,13-14,20-21H2,1-2H3. The van der Waals surface area contributed by atoms with Crippen molar-refractivity contribution in [1.82, 2.24) is 0 Å².